The zero-order valence-corrected chi connectivity index (χ0v) is 16.1. The second kappa shape index (κ2) is 8.91. The van der Waals surface area contributed by atoms with Crippen molar-refractivity contribution in [2.45, 2.75) is 25.0 Å². The normalized spacial score (nSPS) is 18.8. The fraction of sp³-hybridized carbons (Fsp3) is 0.250. The van der Waals surface area contributed by atoms with E-state index in [9.17, 15) is 0 Å². The molecule has 2 atom stereocenters. The molecule has 0 bridgehead atoms. The third-order valence-corrected chi connectivity index (χ3v) is 5.14. The zero-order chi connectivity index (χ0) is 19.2. The van der Waals surface area contributed by atoms with Gasteiger partial charge in [0.15, 0.2) is 0 Å². The van der Waals surface area contributed by atoms with Gasteiger partial charge in [0.2, 0.25) is 0 Å². The summed E-state index contributed by atoms with van der Waals surface area (Å²) in [5.41, 5.74) is 2.55. The molecule has 0 radical (unpaired) electrons. The van der Waals surface area contributed by atoms with Gasteiger partial charge in [0.1, 0.15) is 17.2 Å². The Hall–Kier alpha value is -2.82. The van der Waals surface area contributed by atoms with Gasteiger partial charge in [0.25, 0.3) is 0 Å². The molecule has 1 fully saturated rings. The molecule has 2 N–H and O–H groups in total. The first kappa shape index (κ1) is 18.5. The van der Waals surface area contributed by atoms with Crippen LogP contribution in [0.4, 0.5) is 0 Å². The number of hydrogen-bond donors (Lipinski definition) is 2. The number of benzene rings is 3. The standard InChI is InChI=1S/C24H26N2O2/c1-27-20-10-12-21(13-11-20)28-22-9-5-6-18(16-22)17-26-23-14-15-25-24(23)19-7-3-2-4-8-19/h2-13,16,23-26H,14-15,17H2,1H3/t23-,24-/m1/s1. The summed E-state index contributed by atoms with van der Waals surface area (Å²) >= 11 is 0. The molecule has 0 spiro atoms. The summed E-state index contributed by atoms with van der Waals surface area (Å²) in [7, 11) is 1.66. The smallest absolute Gasteiger partial charge is 0.127 e. The van der Waals surface area contributed by atoms with Gasteiger partial charge in [-0.15, -0.1) is 0 Å². The molecular weight excluding hydrogens is 348 g/mol. The van der Waals surface area contributed by atoms with Crippen LogP contribution in [0.2, 0.25) is 0 Å². The largest absolute Gasteiger partial charge is 0.497 e. The zero-order valence-electron chi connectivity index (χ0n) is 16.1. The molecule has 1 aliphatic rings. The van der Waals surface area contributed by atoms with Crippen LogP contribution in [-0.2, 0) is 6.54 Å². The first-order chi connectivity index (χ1) is 13.8. The van der Waals surface area contributed by atoms with Crippen LogP contribution in [0.1, 0.15) is 23.6 Å². The molecule has 3 aromatic carbocycles. The predicted octanol–water partition coefficient (Wildman–Crippen LogP) is 4.68. The Kier molecular flexibility index (Phi) is 5.90. The van der Waals surface area contributed by atoms with E-state index in [-0.39, 0.29) is 0 Å². The maximum Gasteiger partial charge on any atom is 0.127 e. The molecule has 28 heavy (non-hydrogen) atoms. The minimum Gasteiger partial charge on any atom is -0.497 e. The van der Waals surface area contributed by atoms with Crippen molar-refractivity contribution < 1.29 is 9.47 Å². The van der Waals surface area contributed by atoms with E-state index in [1.54, 1.807) is 7.11 Å². The minimum absolute atomic E-state index is 0.361. The lowest BCUT2D eigenvalue weighted by Crippen LogP contribution is -2.33. The second-order valence-electron chi connectivity index (χ2n) is 7.04. The van der Waals surface area contributed by atoms with E-state index in [0.717, 1.165) is 36.8 Å². The predicted molar refractivity (Wildman–Crippen MR) is 112 cm³/mol. The molecule has 0 saturated carbocycles. The summed E-state index contributed by atoms with van der Waals surface area (Å²) in [6.07, 6.45) is 1.13. The Labute approximate surface area is 166 Å². The number of nitrogens with one attached hydrogen (secondary N) is 2. The van der Waals surface area contributed by atoms with E-state index in [1.807, 2.05) is 36.4 Å². The Bertz CT molecular complexity index is 881. The van der Waals surface area contributed by atoms with Gasteiger partial charge < -0.3 is 20.1 Å². The summed E-state index contributed by atoms with van der Waals surface area (Å²) < 4.78 is 11.2. The highest BCUT2D eigenvalue weighted by atomic mass is 16.5. The van der Waals surface area contributed by atoms with E-state index in [2.05, 4.69) is 53.1 Å². The average molecular weight is 374 g/mol. The second-order valence-corrected chi connectivity index (χ2v) is 7.04. The molecule has 0 aliphatic carbocycles. The van der Waals surface area contributed by atoms with Crippen LogP contribution in [0.5, 0.6) is 17.2 Å². The first-order valence-electron chi connectivity index (χ1n) is 9.74. The SMILES string of the molecule is COc1ccc(Oc2cccc(CN[C@@H]3CCN[C@@H]3c3ccccc3)c2)cc1. The quantitative estimate of drug-likeness (QED) is 0.630. The van der Waals surface area contributed by atoms with E-state index >= 15 is 0 Å². The van der Waals surface area contributed by atoms with Gasteiger partial charge in [-0.3, -0.25) is 0 Å². The van der Waals surface area contributed by atoms with Crippen molar-refractivity contribution in [3.63, 3.8) is 0 Å². The number of ether oxygens (including phenoxy) is 2. The lowest BCUT2D eigenvalue weighted by molar-refractivity contribution is 0.413. The fourth-order valence-corrected chi connectivity index (χ4v) is 3.68. The van der Waals surface area contributed by atoms with Crippen molar-refractivity contribution in [1.82, 2.24) is 10.6 Å². The summed E-state index contributed by atoms with van der Waals surface area (Å²) in [5, 5.41) is 7.33. The van der Waals surface area contributed by atoms with Crippen molar-refractivity contribution in [2.24, 2.45) is 0 Å². The summed E-state index contributed by atoms with van der Waals surface area (Å²) in [6.45, 7) is 1.85. The third kappa shape index (κ3) is 4.53. The molecule has 4 nitrogen and oxygen atoms in total. The van der Waals surface area contributed by atoms with Gasteiger partial charge in [-0.05, 0) is 60.5 Å². The lowest BCUT2D eigenvalue weighted by Gasteiger charge is -2.21. The van der Waals surface area contributed by atoms with E-state index < -0.39 is 0 Å². The van der Waals surface area contributed by atoms with Gasteiger partial charge in [0, 0.05) is 18.6 Å². The molecule has 4 rings (SSSR count). The van der Waals surface area contributed by atoms with Crippen LogP contribution in [0.25, 0.3) is 0 Å². The van der Waals surface area contributed by atoms with Gasteiger partial charge in [0.05, 0.1) is 7.11 Å². The van der Waals surface area contributed by atoms with Crippen LogP contribution in [0, 0.1) is 0 Å². The number of rotatable bonds is 7. The van der Waals surface area contributed by atoms with E-state index in [1.165, 1.54) is 11.1 Å². The Morgan fingerprint density at radius 3 is 2.46 bits per heavy atom. The maximum absolute atomic E-state index is 5.99. The average Bonchev–Trinajstić information content (AvgIpc) is 3.22. The summed E-state index contributed by atoms with van der Waals surface area (Å²) in [6, 6.07) is 27.3. The van der Waals surface area contributed by atoms with Crippen molar-refractivity contribution in [3.8, 4) is 17.2 Å². The van der Waals surface area contributed by atoms with Gasteiger partial charge in [-0.25, -0.2) is 0 Å². The Morgan fingerprint density at radius 1 is 0.893 bits per heavy atom. The van der Waals surface area contributed by atoms with Crippen molar-refractivity contribution in [1.29, 1.82) is 0 Å². The van der Waals surface area contributed by atoms with E-state index in [0.29, 0.717) is 12.1 Å². The van der Waals surface area contributed by atoms with Gasteiger partial charge >= 0.3 is 0 Å². The monoisotopic (exact) mass is 374 g/mol. The van der Waals surface area contributed by atoms with Crippen LogP contribution in [0.15, 0.2) is 78.9 Å². The molecule has 4 heteroatoms. The van der Waals surface area contributed by atoms with Crippen LogP contribution in [-0.4, -0.2) is 19.7 Å². The van der Waals surface area contributed by atoms with Crippen LogP contribution < -0.4 is 20.1 Å². The molecule has 1 aliphatic heterocycles. The van der Waals surface area contributed by atoms with Crippen molar-refractivity contribution in [2.75, 3.05) is 13.7 Å². The van der Waals surface area contributed by atoms with E-state index in [4.69, 9.17) is 9.47 Å². The van der Waals surface area contributed by atoms with Crippen LogP contribution >= 0.6 is 0 Å². The third-order valence-electron chi connectivity index (χ3n) is 5.14. The molecule has 0 aromatic heterocycles. The molecule has 0 unspecified atom stereocenters. The maximum atomic E-state index is 5.99. The molecule has 1 heterocycles. The highest BCUT2D eigenvalue weighted by Crippen LogP contribution is 2.26. The summed E-state index contributed by atoms with van der Waals surface area (Å²) in [4.78, 5) is 0. The van der Waals surface area contributed by atoms with Crippen molar-refractivity contribution in [3.05, 3.63) is 90.0 Å². The highest BCUT2D eigenvalue weighted by Gasteiger charge is 2.27. The molecular formula is C24H26N2O2. The minimum atomic E-state index is 0.361. The summed E-state index contributed by atoms with van der Waals surface area (Å²) in [5.74, 6) is 2.46. The Morgan fingerprint density at radius 2 is 1.68 bits per heavy atom. The topological polar surface area (TPSA) is 42.5 Å². The number of hydrogen-bond acceptors (Lipinski definition) is 4. The van der Waals surface area contributed by atoms with Gasteiger partial charge in [-0.2, -0.15) is 0 Å². The molecule has 3 aromatic rings. The first-order valence-corrected chi connectivity index (χ1v) is 9.74. The highest BCUT2D eigenvalue weighted by molar-refractivity contribution is 5.37. The van der Waals surface area contributed by atoms with Crippen LogP contribution in [0.3, 0.4) is 0 Å². The Balaban J connectivity index is 1.38. The lowest BCUT2D eigenvalue weighted by atomic mass is 10.0. The van der Waals surface area contributed by atoms with Gasteiger partial charge in [-0.1, -0.05) is 42.5 Å². The fourth-order valence-electron chi connectivity index (χ4n) is 3.68. The molecule has 1 saturated heterocycles. The molecule has 0 amide bonds. The molecule has 144 valence electrons. The number of methoxy groups -OCH3 is 1. The van der Waals surface area contributed by atoms with Crippen molar-refractivity contribution >= 4 is 0 Å².